The van der Waals surface area contributed by atoms with E-state index in [9.17, 15) is 4.79 Å². The summed E-state index contributed by atoms with van der Waals surface area (Å²) < 4.78 is 1.72. The Hall–Kier alpha value is -2.67. The molecule has 0 aliphatic carbocycles. The maximum absolute atomic E-state index is 12.2. The fraction of sp³-hybridized carbons (Fsp3) is 0.0667. The highest BCUT2D eigenvalue weighted by Crippen LogP contribution is 2.24. The molecule has 0 saturated carbocycles. The van der Waals surface area contributed by atoms with E-state index < -0.39 is 0 Å². The molecule has 0 saturated heterocycles. The van der Waals surface area contributed by atoms with Crippen LogP contribution in [0.2, 0.25) is 0 Å². The SMILES string of the molecule is CSc1ccccc1NC(=O)c1ccc(-n2ccnc2)nn1. The molecular formula is C15H13N5OS. The second kappa shape index (κ2) is 6.40. The lowest BCUT2D eigenvalue weighted by Crippen LogP contribution is -2.15. The third-order valence-electron chi connectivity index (χ3n) is 3.01. The normalized spacial score (nSPS) is 10.4. The summed E-state index contributed by atoms with van der Waals surface area (Å²) in [6, 6.07) is 11.0. The van der Waals surface area contributed by atoms with Crippen LogP contribution in [0, 0.1) is 0 Å². The lowest BCUT2D eigenvalue weighted by atomic mass is 10.3. The average Bonchev–Trinajstić information content (AvgIpc) is 3.10. The first kappa shape index (κ1) is 14.3. The number of carbonyl (C=O) groups excluding carboxylic acids is 1. The first-order chi connectivity index (χ1) is 10.8. The van der Waals surface area contributed by atoms with Gasteiger partial charge < -0.3 is 5.32 Å². The number of benzene rings is 1. The van der Waals surface area contributed by atoms with Crippen LogP contribution in [0.1, 0.15) is 10.5 Å². The Morgan fingerprint density at radius 3 is 2.73 bits per heavy atom. The number of carbonyl (C=O) groups is 1. The molecule has 7 heteroatoms. The van der Waals surface area contributed by atoms with Crippen LogP contribution in [0.3, 0.4) is 0 Å². The molecule has 2 heterocycles. The molecule has 0 atom stereocenters. The van der Waals surface area contributed by atoms with Crippen molar-refractivity contribution < 1.29 is 4.79 Å². The van der Waals surface area contributed by atoms with Crippen LogP contribution in [0.4, 0.5) is 5.69 Å². The predicted octanol–water partition coefficient (Wildman–Crippen LogP) is 2.64. The zero-order valence-electron chi connectivity index (χ0n) is 11.8. The molecule has 0 unspecified atom stereocenters. The van der Waals surface area contributed by atoms with Crippen molar-refractivity contribution >= 4 is 23.4 Å². The number of hydrogen-bond acceptors (Lipinski definition) is 5. The number of para-hydroxylation sites is 1. The van der Waals surface area contributed by atoms with E-state index in [1.807, 2.05) is 30.5 Å². The average molecular weight is 311 g/mol. The van der Waals surface area contributed by atoms with Gasteiger partial charge in [0.1, 0.15) is 6.33 Å². The van der Waals surface area contributed by atoms with Crippen molar-refractivity contribution in [1.29, 1.82) is 0 Å². The van der Waals surface area contributed by atoms with E-state index in [1.165, 1.54) is 0 Å². The Morgan fingerprint density at radius 1 is 1.18 bits per heavy atom. The van der Waals surface area contributed by atoms with Crippen molar-refractivity contribution in [2.24, 2.45) is 0 Å². The van der Waals surface area contributed by atoms with Gasteiger partial charge in [-0.05, 0) is 30.5 Å². The Bertz CT molecular complexity index is 771. The van der Waals surface area contributed by atoms with E-state index >= 15 is 0 Å². The lowest BCUT2D eigenvalue weighted by Gasteiger charge is -2.08. The van der Waals surface area contributed by atoms with Gasteiger partial charge in [0, 0.05) is 17.3 Å². The number of nitrogens with zero attached hydrogens (tertiary/aromatic N) is 4. The highest BCUT2D eigenvalue weighted by atomic mass is 32.2. The third-order valence-corrected chi connectivity index (χ3v) is 3.80. The summed E-state index contributed by atoms with van der Waals surface area (Å²) in [5, 5.41) is 10.9. The van der Waals surface area contributed by atoms with Crippen LogP contribution in [-0.4, -0.2) is 31.9 Å². The molecule has 0 aliphatic heterocycles. The highest BCUT2D eigenvalue weighted by Gasteiger charge is 2.11. The molecule has 0 spiro atoms. The summed E-state index contributed by atoms with van der Waals surface area (Å²) in [5.41, 5.74) is 1.03. The second-order valence-electron chi connectivity index (χ2n) is 4.40. The number of amides is 1. The van der Waals surface area contributed by atoms with Gasteiger partial charge in [0.25, 0.3) is 5.91 Å². The number of anilines is 1. The maximum atomic E-state index is 12.2. The molecule has 2 aromatic heterocycles. The fourth-order valence-electron chi connectivity index (χ4n) is 1.91. The minimum absolute atomic E-state index is 0.264. The summed E-state index contributed by atoms with van der Waals surface area (Å²) in [7, 11) is 0. The van der Waals surface area contributed by atoms with Gasteiger partial charge in [0.05, 0.1) is 5.69 Å². The zero-order chi connectivity index (χ0) is 15.4. The van der Waals surface area contributed by atoms with E-state index in [-0.39, 0.29) is 11.6 Å². The molecule has 0 bridgehead atoms. The first-order valence-corrected chi connectivity index (χ1v) is 7.77. The van der Waals surface area contributed by atoms with Gasteiger partial charge in [-0.25, -0.2) is 4.98 Å². The predicted molar refractivity (Wildman–Crippen MR) is 85.3 cm³/mol. The van der Waals surface area contributed by atoms with Crippen LogP contribution >= 0.6 is 11.8 Å². The molecule has 3 rings (SSSR count). The summed E-state index contributed by atoms with van der Waals surface area (Å²) in [5.74, 6) is 0.324. The minimum atomic E-state index is -0.286. The van der Waals surface area contributed by atoms with E-state index in [2.05, 4.69) is 20.5 Å². The van der Waals surface area contributed by atoms with E-state index in [0.29, 0.717) is 5.82 Å². The van der Waals surface area contributed by atoms with E-state index in [4.69, 9.17) is 0 Å². The number of imidazole rings is 1. The maximum Gasteiger partial charge on any atom is 0.276 e. The molecule has 0 fully saturated rings. The van der Waals surface area contributed by atoms with Crippen molar-refractivity contribution in [3.05, 3.63) is 60.8 Å². The molecular weight excluding hydrogens is 298 g/mol. The van der Waals surface area contributed by atoms with Crippen molar-refractivity contribution in [2.45, 2.75) is 4.90 Å². The largest absolute Gasteiger partial charge is 0.320 e. The van der Waals surface area contributed by atoms with Crippen molar-refractivity contribution in [2.75, 3.05) is 11.6 Å². The van der Waals surface area contributed by atoms with Crippen LogP contribution in [0.5, 0.6) is 0 Å². The van der Waals surface area contributed by atoms with Crippen LogP contribution in [0.15, 0.2) is 60.0 Å². The van der Waals surface area contributed by atoms with Crippen LogP contribution < -0.4 is 5.32 Å². The minimum Gasteiger partial charge on any atom is -0.320 e. The van der Waals surface area contributed by atoms with E-state index in [0.717, 1.165) is 10.6 Å². The van der Waals surface area contributed by atoms with Gasteiger partial charge in [-0.15, -0.1) is 22.0 Å². The Balaban J connectivity index is 1.78. The smallest absolute Gasteiger partial charge is 0.276 e. The number of nitrogens with one attached hydrogen (secondary N) is 1. The fourth-order valence-corrected chi connectivity index (χ4v) is 2.47. The van der Waals surface area contributed by atoms with Crippen molar-refractivity contribution in [1.82, 2.24) is 19.7 Å². The van der Waals surface area contributed by atoms with Gasteiger partial charge >= 0.3 is 0 Å². The molecule has 1 N–H and O–H groups in total. The Kier molecular flexibility index (Phi) is 4.15. The van der Waals surface area contributed by atoms with Crippen molar-refractivity contribution in [3.63, 3.8) is 0 Å². The molecule has 0 aliphatic rings. The Labute approximate surface area is 131 Å². The van der Waals surface area contributed by atoms with Crippen molar-refractivity contribution in [3.8, 4) is 5.82 Å². The second-order valence-corrected chi connectivity index (χ2v) is 5.25. The topological polar surface area (TPSA) is 72.7 Å². The van der Waals surface area contributed by atoms with Gasteiger partial charge in [0.15, 0.2) is 11.5 Å². The quantitative estimate of drug-likeness (QED) is 0.750. The number of rotatable bonds is 4. The third kappa shape index (κ3) is 2.99. The standard InChI is InChI=1S/C15H13N5OS/c1-22-13-5-3-2-4-11(13)17-15(21)12-6-7-14(19-18-12)20-9-8-16-10-20/h2-10H,1H3,(H,17,21). The van der Waals surface area contributed by atoms with Crippen LogP contribution in [0.25, 0.3) is 5.82 Å². The molecule has 22 heavy (non-hydrogen) atoms. The molecule has 1 amide bonds. The number of hydrogen-bond donors (Lipinski definition) is 1. The number of aromatic nitrogens is 4. The summed E-state index contributed by atoms with van der Waals surface area (Å²) >= 11 is 1.57. The molecule has 6 nitrogen and oxygen atoms in total. The number of thioether (sulfide) groups is 1. The van der Waals surface area contributed by atoms with Gasteiger partial charge in [-0.1, -0.05) is 12.1 Å². The zero-order valence-corrected chi connectivity index (χ0v) is 12.6. The van der Waals surface area contributed by atoms with E-state index in [1.54, 1.807) is 47.2 Å². The summed E-state index contributed by atoms with van der Waals surface area (Å²) in [4.78, 5) is 17.2. The first-order valence-electron chi connectivity index (χ1n) is 6.54. The molecule has 110 valence electrons. The van der Waals surface area contributed by atoms with Gasteiger partial charge in [-0.2, -0.15) is 0 Å². The lowest BCUT2D eigenvalue weighted by molar-refractivity contribution is 0.102. The highest BCUT2D eigenvalue weighted by molar-refractivity contribution is 7.98. The molecule has 1 aromatic carbocycles. The van der Waals surface area contributed by atoms with Gasteiger partial charge in [-0.3, -0.25) is 9.36 Å². The summed E-state index contributed by atoms with van der Waals surface area (Å²) in [6.07, 6.45) is 7.00. The molecule has 0 radical (unpaired) electrons. The van der Waals surface area contributed by atoms with Crippen LogP contribution in [-0.2, 0) is 0 Å². The monoisotopic (exact) mass is 311 g/mol. The summed E-state index contributed by atoms with van der Waals surface area (Å²) in [6.45, 7) is 0. The Morgan fingerprint density at radius 2 is 2.05 bits per heavy atom. The molecule has 3 aromatic rings. The van der Waals surface area contributed by atoms with Gasteiger partial charge in [0.2, 0.25) is 0 Å².